The maximum Gasteiger partial charge on any atom is 0.242 e. The van der Waals surface area contributed by atoms with Crippen molar-refractivity contribution in [2.45, 2.75) is 18.4 Å². The highest BCUT2D eigenvalue weighted by atomic mass is 32.2. The van der Waals surface area contributed by atoms with Gasteiger partial charge < -0.3 is 4.52 Å². The van der Waals surface area contributed by atoms with Gasteiger partial charge in [0, 0.05) is 12.3 Å². The standard InChI is InChI=1S/C11H10N4O3S/c1-8-4-10(18-15-8)6-14-19(16,17)11-3-2-9(5-12)13-7-11/h2-4,7,14H,6H2,1H3. The van der Waals surface area contributed by atoms with E-state index in [1.807, 2.05) is 6.07 Å². The Kier molecular flexibility index (Phi) is 3.59. The topological polar surface area (TPSA) is 109 Å². The molecule has 1 N–H and O–H groups in total. The summed E-state index contributed by atoms with van der Waals surface area (Å²) in [5.74, 6) is 0.419. The predicted octanol–water partition coefficient (Wildman–Crippen LogP) is 0.728. The summed E-state index contributed by atoms with van der Waals surface area (Å²) in [5, 5.41) is 12.2. The average molecular weight is 278 g/mol. The van der Waals surface area contributed by atoms with Crippen LogP contribution in [0.3, 0.4) is 0 Å². The number of hydrogen-bond donors (Lipinski definition) is 1. The Hall–Kier alpha value is -2.24. The van der Waals surface area contributed by atoms with Gasteiger partial charge in [-0.3, -0.25) is 0 Å². The zero-order valence-corrected chi connectivity index (χ0v) is 10.8. The van der Waals surface area contributed by atoms with Crippen molar-refractivity contribution in [3.63, 3.8) is 0 Å². The van der Waals surface area contributed by atoms with E-state index < -0.39 is 10.0 Å². The van der Waals surface area contributed by atoms with Crippen molar-refractivity contribution >= 4 is 10.0 Å². The third-order valence-corrected chi connectivity index (χ3v) is 3.66. The van der Waals surface area contributed by atoms with Gasteiger partial charge in [-0.15, -0.1) is 0 Å². The molecule has 19 heavy (non-hydrogen) atoms. The third kappa shape index (κ3) is 3.15. The van der Waals surface area contributed by atoms with Crippen LogP contribution in [0.4, 0.5) is 0 Å². The van der Waals surface area contributed by atoms with Crippen molar-refractivity contribution in [1.82, 2.24) is 14.9 Å². The number of hydrogen-bond acceptors (Lipinski definition) is 6. The van der Waals surface area contributed by atoms with Crippen molar-refractivity contribution in [2.24, 2.45) is 0 Å². The highest BCUT2D eigenvalue weighted by Crippen LogP contribution is 2.09. The van der Waals surface area contributed by atoms with E-state index in [1.54, 1.807) is 13.0 Å². The molecule has 0 spiro atoms. The Morgan fingerprint density at radius 3 is 2.79 bits per heavy atom. The van der Waals surface area contributed by atoms with Gasteiger partial charge in [-0.2, -0.15) is 5.26 Å². The first-order valence-electron chi connectivity index (χ1n) is 5.29. The fourth-order valence-corrected chi connectivity index (χ4v) is 2.29. The summed E-state index contributed by atoms with van der Waals surface area (Å²) in [4.78, 5) is 3.70. The first kappa shape index (κ1) is 13.2. The number of pyridine rings is 1. The Bertz CT molecular complexity index is 713. The lowest BCUT2D eigenvalue weighted by Crippen LogP contribution is -2.23. The molecular formula is C11H10N4O3S. The third-order valence-electron chi connectivity index (χ3n) is 2.27. The van der Waals surface area contributed by atoms with E-state index in [9.17, 15) is 8.42 Å². The van der Waals surface area contributed by atoms with Crippen molar-refractivity contribution in [3.8, 4) is 6.07 Å². The summed E-state index contributed by atoms with van der Waals surface area (Å²) >= 11 is 0. The Balaban J connectivity index is 2.11. The van der Waals surface area contributed by atoms with Gasteiger partial charge in [0.25, 0.3) is 0 Å². The SMILES string of the molecule is Cc1cc(CNS(=O)(=O)c2ccc(C#N)nc2)on1. The van der Waals surface area contributed by atoms with Crippen LogP contribution in [0.25, 0.3) is 0 Å². The van der Waals surface area contributed by atoms with Crippen LogP contribution in [-0.2, 0) is 16.6 Å². The molecule has 2 rings (SSSR count). The first-order chi connectivity index (χ1) is 9.01. The molecule has 0 radical (unpaired) electrons. The zero-order chi connectivity index (χ0) is 13.9. The monoisotopic (exact) mass is 278 g/mol. The van der Waals surface area contributed by atoms with Crippen molar-refractivity contribution < 1.29 is 12.9 Å². The first-order valence-corrected chi connectivity index (χ1v) is 6.77. The molecule has 0 saturated carbocycles. The molecule has 7 nitrogen and oxygen atoms in total. The van der Waals surface area contributed by atoms with Crippen LogP contribution in [-0.4, -0.2) is 18.6 Å². The molecule has 0 aliphatic rings. The van der Waals surface area contributed by atoms with Crippen molar-refractivity contribution in [3.05, 3.63) is 41.5 Å². The fraction of sp³-hybridized carbons (Fsp3) is 0.182. The highest BCUT2D eigenvalue weighted by Gasteiger charge is 2.15. The molecule has 0 bridgehead atoms. The van der Waals surface area contributed by atoms with Gasteiger partial charge in [0.15, 0.2) is 5.76 Å². The van der Waals surface area contributed by atoms with E-state index >= 15 is 0 Å². The zero-order valence-electron chi connectivity index (χ0n) is 9.99. The molecule has 0 aromatic carbocycles. The Morgan fingerprint density at radius 1 is 1.47 bits per heavy atom. The average Bonchev–Trinajstić information content (AvgIpc) is 2.82. The molecule has 98 valence electrons. The maximum atomic E-state index is 11.9. The number of rotatable bonds is 4. The molecule has 0 aliphatic carbocycles. The normalized spacial score (nSPS) is 11.2. The predicted molar refractivity (Wildman–Crippen MR) is 64.2 cm³/mol. The second kappa shape index (κ2) is 5.17. The van der Waals surface area contributed by atoms with Gasteiger partial charge in [0.05, 0.1) is 12.2 Å². The lowest BCUT2D eigenvalue weighted by atomic mass is 10.4. The van der Waals surface area contributed by atoms with Crippen LogP contribution in [0.15, 0.2) is 33.8 Å². The lowest BCUT2D eigenvalue weighted by molar-refractivity contribution is 0.377. The number of sulfonamides is 1. The van der Waals surface area contributed by atoms with Gasteiger partial charge in [0.2, 0.25) is 10.0 Å². The number of aromatic nitrogens is 2. The lowest BCUT2D eigenvalue weighted by Gasteiger charge is -2.04. The molecular weight excluding hydrogens is 268 g/mol. The van der Waals surface area contributed by atoms with Gasteiger partial charge in [0.1, 0.15) is 16.7 Å². The number of aryl methyl sites for hydroxylation is 1. The van der Waals surface area contributed by atoms with Crippen molar-refractivity contribution in [1.29, 1.82) is 5.26 Å². The van der Waals surface area contributed by atoms with Crippen LogP contribution < -0.4 is 4.72 Å². The molecule has 0 amide bonds. The largest absolute Gasteiger partial charge is 0.360 e. The summed E-state index contributed by atoms with van der Waals surface area (Å²) in [6, 6.07) is 6.11. The van der Waals surface area contributed by atoms with Gasteiger partial charge in [-0.05, 0) is 19.1 Å². The van der Waals surface area contributed by atoms with E-state index in [-0.39, 0.29) is 17.1 Å². The molecule has 2 aromatic heterocycles. The summed E-state index contributed by atoms with van der Waals surface area (Å²) in [6.07, 6.45) is 1.13. The Labute approximate surface area is 109 Å². The van der Waals surface area contributed by atoms with Gasteiger partial charge in [-0.1, -0.05) is 5.16 Å². The van der Waals surface area contributed by atoms with E-state index in [0.717, 1.165) is 6.20 Å². The summed E-state index contributed by atoms with van der Waals surface area (Å²) in [7, 11) is -3.68. The number of nitrogens with zero attached hydrogens (tertiary/aromatic N) is 3. The smallest absolute Gasteiger partial charge is 0.242 e. The molecule has 0 saturated heterocycles. The highest BCUT2D eigenvalue weighted by molar-refractivity contribution is 7.89. The number of nitriles is 1. The fourth-order valence-electron chi connectivity index (χ4n) is 1.35. The van der Waals surface area contributed by atoms with E-state index in [2.05, 4.69) is 14.9 Å². The molecule has 0 fully saturated rings. The summed E-state index contributed by atoms with van der Waals surface area (Å²) < 4.78 is 31.1. The molecule has 2 heterocycles. The minimum atomic E-state index is -3.68. The summed E-state index contributed by atoms with van der Waals surface area (Å²) in [5.41, 5.74) is 0.832. The van der Waals surface area contributed by atoms with Crippen molar-refractivity contribution in [2.75, 3.05) is 0 Å². The molecule has 2 aromatic rings. The Morgan fingerprint density at radius 2 is 2.26 bits per heavy atom. The van der Waals surface area contributed by atoms with Crippen LogP contribution in [0.1, 0.15) is 17.1 Å². The van der Waals surface area contributed by atoms with Gasteiger partial charge >= 0.3 is 0 Å². The second-order valence-corrected chi connectivity index (χ2v) is 5.52. The minimum Gasteiger partial charge on any atom is -0.360 e. The van der Waals surface area contributed by atoms with E-state index in [1.165, 1.54) is 12.1 Å². The number of nitrogens with one attached hydrogen (secondary N) is 1. The minimum absolute atomic E-state index is 0.00315. The summed E-state index contributed by atoms with van der Waals surface area (Å²) in [6.45, 7) is 1.75. The maximum absolute atomic E-state index is 11.9. The second-order valence-electron chi connectivity index (χ2n) is 3.75. The molecule has 0 unspecified atom stereocenters. The molecule has 0 atom stereocenters. The van der Waals surface area contributed by atoms with Crippen LogP contribution in [0, 0.1) is 18.3 Å². The van der Waals surface area contributed by atoms with E-state index in [0.29, 0.717) is 11.5 Å². The van der Waals surface area contributed by atoms with Crippen LogP contribution in [0.5, 0.6) is 0 Å². The van der Waals surface area contributed by atoms with Gasteiger partial charge in [-0.25, -0.2) is 18.1 Å². The van der Waals surface area contributed by atoms with Crippen LogP contribution >= 0.6 is 0 Å². The molecule has 0 aliphatic heterocycles. The quantitative estimate of drug-likeness (QED) is 0.882. The molecule has 8 heteroatoms. The van der Waals surface area contributed by atoms with E-state index in [4.69, 9.17) is 9.78 Å². The van der Waals surface area contributed by atoms with Crippen LogP contribution in [0.2, 0.25) is 0 Å².